The molecule has 0 saturated heterocycles. The molecule has 0 heterocycles. The van der Waals surface area contributed by atoms with Crippen molar-refractivity contribution in [3.8, 4) is 5.75 Å². The lowest BCUT2D eigenvalue weighted by atomic mass is 10.2. The molecule has 6 heteroatoms. The van der Waals surface area contributed by atoms with Gasteiger partial charge in [0.2, 0.25) is 0 Å². The summed E-state index contributed by atoms with van der Waals surface area (Å²) in [6.45, 7) is 7.12. The van der Waals surface area contributed by atoms with Crippen LogP contribution in [-0.2, 0) is 4.74 Å². The first-order valence-electron chi connectivity index (χ1n) is 6.35. The highest BCUT2D eigenvalue weighted by Crippen LogP contribution is 2.34. The molecule has 1 aromatic carbocycles. The quantitative estimate of drug-likeness (QED) is 0.579. The standard InChI is InChI=1S/C13H20N2O4/c1-4-18-10(3)9-14-11-7-6-8-12(19-5-2)13(11)15(16)17/h6-8,10,14H,4-5,9H2,1-3H3. The Bertz CT molecular complexity index is 423. The number of ether oxygens (including phenoxy) is 2. The molecule has 0 spiro atoms. The molecule has 0 aliphatic heterocycles. The van der Waals surface area contributed by atoms with E-state index in [1.165, 1.54) is 0 Å². The summed E-state index contributed by atoms with van der Waals surface area (Å²) in [6, 6.07) is 4.99. The molecule has 0 saturated carbocycles. The summed E-state index contributed by atoms with van der Waals surface area (Å²) >= 11 is 0. The highest BCUT2D eigenvalue weighted by molar-refractivity contribution is 5.68. The van der Waals surface area contributed by atoms with E-state index in [4.69, 9.17) is 9.47 Å². The predicted molar refractivity (Wildman–Crippen MR) is 73.8 cm³/mol. The van der Waals surface area contributed by atoms with E-state index in [-0.39, 0.29) is 17.5 Å². The maximum Gasteiger partial charge on any atom is 0.333 e. The number of rotatable bonds is 8. The van der Waals surface area contributed by atoms with Crippen LogP contribution in [0.1, 0.15) is 20.8 Å². The number of para-hydroxylation sites is 1. The minimum Gasteiger partial charge on any atom is -0.487 e. The molecule has 0 amide bonds. The smallest absolute Gasteiger partial charge is 0.333 e. The molecule has 0 fully saturated rings. The van der Waals surface area contributed by atoms with Gasteiger partial charge in [0.05, 0.1) is 17.6 Å². The molecule has 1 unspecified atom stereocenters. The maximum atomic E-state index is 11.1. The SMILES string of the molecule is CCOc1cccc(NCC(C)OCC)c1[N+](=O)[O-]. The molecule has 6 nitrogen and oxygen atoms in total. The van der Waals surface area contributed by atoms with Crippen molar-refractivity contribution in [3.05, 3.63) is 28.3 Å². The third kappa shape index (κ3) is 4.40. The third-order valence-electron chi connectivity index (χ3n) is 2.51. The second-order valence-electron chi connectivity index (χ2n) is 3.99. The maximum absolute atomic E-state index is 11.1. The lowest BCUT2D eigenvalue weighted by Gasteiger charge is -2.14. The van der Waals surface area contributed by atoms with Gasteiger partial charge in [-0.2, -0.15) is 0 Å². The summed E-state index contributed by atoms with van der Waals surface area (Å²) in [4.78, 5) is 10.7. The van der Waals surface area contributed by atoms with E-state index in [9.17, 15) is 10.1 Å². The van der Waals surface area contributed by atoms with Crippen LogP contribution in [0.2, 0.25) is 0 Å². The fourth-order valence-electron chi connectivity index (χ4n) is 1.72. The van der Waals surface area contributed by atoms with Gasteiger partial charge in [0.15, 0.2) is 5.75 Å². The lowest BCUT2D eigenvalue weighted by Crippen LogP contribution is -2.20. The van der Waals surface area contributed by atoms with Crippen LogP contribution in [0.5, 0.6) is 5.75 Å². The van der Waals surface area contributed by atoms with Crippen LogP contribution >= 0.6 is 0 Å². The Labute approximate surface area is 112 Å². The summed E-state index contributed by atoms with van der Waals surface area (Å²) < 4.78 is 10.7. The predicted octanol–water partition coefficient (Wildman–Crippen LogP) is 2.83. The van der Waals surface area contributed by atoms with Gasteiger partial charge in [-0.25, -0.2) is 0 Å². The normalized spacial score (nSPS) is 11.9. The summed E-state index contributed by atoms with van der Waals surface area (Å²) in [5.74, 6) is 0.279. The minimum atomic E-state index is -0.432. The fourth-order valence-corrected chi connectivity index (χ4v) is 1.72. The van der Waals surface area contributed by atoms with E-state index in [0.29, 0.717) is 25.4 Å². The van der Waals surface area contributed by atoms with E-state index in [1.54, 1.807) is 25.1 Å². The second kappa shape index (κ2) is 7.58. The van der Waals surface area contributed by atoms with Crippen molar-refractivity contribution in [2.24, 2.45) is 0 Å². The lowest BCUT2D eigenvalue weighted by molar-refractivity contribution is -0.384. The Morgan fingerprint density at radius 2 is 2.11 bits per heavy atom. The van der Waals surface area contributed by atoms with Gasteiger partial charge in [-0.05, 0) is 32.9 Å². The zero-order valence-corrected chi connectivity index (χ0v) is 11.5. The molecule has 0 bridgehead atoms. The molecular formula is C13H20N2O4. The molecule has 1 rings (SSSR count). The monoisotopic (exact) mass is 268 g/mol. The summed E-state index contributed by atoms with van der Waals surface area (Å²) in [6.07, 6.45) is -0.0136. The number of benzene rings is 1. The van der Waals surface area contributed by atoms with Gasteiger partial charge >= 0.3 is 5.69 Å². The summed E-state index contributed by atoms with van der Waals surface area (Å²) in [5, 5.41) is 14.2. The molecule has 106 valence electrons. The van der Waals surface area contributed by atoms with Gasteiger partial charge in [-0.1, -0.05) is 6.07 Å². The Morgan fingerprint density at radius 3 is 2.68 bits per heavy atom. The first kappa shape index (κ1) is 15.2. The fraction of sp³-hybridized carbons (Fsp3) is 0.538. The topological polar surface area (TPSA) is 73.6 Å². The Balaban J connectivity index is 2.87. The zero-order chi connectivity index (χ0) is 14.3. The van der Waals surface area contributed by atoms with E-state index in [2.05, 4.69) is 5.32 Å². The average molecular weight is 268 g/mol. The number of nitrogens with zero attached hydrogens (tertiary/aromatic N) is 1. The van der Waals surface area contributed by atoms with Crippen LogP contribution < -0.4 is 10.1 Å². The van der Waals surface area contributed by atoms with Crippen LogP contribution in [0.4, 0.5) is 11.4 Å². The van der Waals surface area contributed by atoms with Gasteiger partial charge in [0.1, 0.15) is 5.69 Å². The molecule has 19 heavy (non-hydrogen) atoms. The Kier molecular flexibility index (Phi) is 6.08. The first-order valence-corrected chi connectivity index (χ1v) is 6.35. The van der Waals surface area contributed by atoms with Crippen molar-refractivity contribution in [2.45, 2.75) is 26.9 Å². The Hall–Kier alpha value is -1.82. The summed E-state index contributed by atoms with van der Waals surface area (Å²) in [5.41, 5.74) is 0.413. The number of nitrogens with one attached hydrogen (secondary N) is 1. The van der Waals surface area contributed by atoms with Crippen molar-refractivity contribution in [2.75, 3.05) is 25.1 Å². The van der Waals surface area contributed by atoms with Crippen molar-refractivity contribution < 1.29 is 14.4 Å². The molecular weight excluding hydrogens is 248 g/mol. The van der Waals surface area contributed by atoms with Crippen LogP contribution in [0.25, 0.3) is 0 Å². The van der Waals surface area contributed by atoms with Gasteiger partial charge in [-0.15, -0.1) is 0 Å². The van der Waals surface area contributed by atoms with E-state index < -0.39 is 4.92 Å². The van der Waals surface area contributed by atoms with Crippen molar-refractivity contribution in [1.82, 2.24) is 0 Å². The molecule has 1 N–H and O–H groups in total. The highest BCUT2D eigenvalue weighted by Gasteiger charge is 2.20. The Morgan fingerprint density at radius 1 is 1.37 bits per heavy atom. The van der Waals surface area contributed by atoms with E-state index in [0.717, 1.165) is 0 Å². The van der Waals surface area contributed by atoms with Crippen LogP contribution in [0.3, 0.4) is 0 Å². The number of hydrogen-bond donors (Lipinski definition) is 1. The molecule has 1 aromatic rings. The van der Waals surface area contributed by atoms with Gasteiger partial charge in [0, 0.05) is 13.2 Å². The summed E-state index contributed by atoms with van der Waals surface area (Å²) in [7, 11) is 0. The molecule has 0 aliphatic rings. The number of hydrogen-bond acceptors (Lipinski definition) is 5. The van der Waals surface area contributed by atoms with Crippen LogP contribution in [-0.4, -0.2) is 30.8 Å². The molecule has 0 aromatic heterocycles. The van der Waals surface area contributed by atoms with Gasteiger partial charge < -0.3 is 14.8 Å². The second-order valence-corrected chi connectivity index (χ2v) is 3.99. The molecule has 1 atom stereocenters. The highest BCUT2D eigenvalue weighted by atomic mass is 16.6. The van der Waals surface area contributed by atoms with Gasteiger partial charge in [-0.3, -0.25) is 10.1 Å². The van der Waals surface area contributed by atoms with Crippen LogP contribution in [0.15, 0.2) is 18.2 Å². The molecule has 0 radical (unpaired) electrons. The van der Waals surface area contributed by atoms with Crippen molar-refractivity contribution in [1.29, 1.82) is 0 Å². The third-order valence-corrected chi connectivity index (χ3v) is 2.51. The minimum absolute atomic E-state index is 0.0136. The molecule has 0 aliphatic carbocycles. The number of nitro groups is 1. The van der Waals surface area contributed by atoms with Crippen LogP contribution in [0, 0.1) is 10.1 Å². The number of anilines is 1. The first-order chi connectivity index (χ1) is 9.10. The van der Waals surface area contributed by atoms with E-state index in [1.807, 2.05) is 13.8 Å². The van der Waals surface area contributed by atoms with Crippen molar-refractivity contribution in [3.63, 3.8) is 0 Å². The van der Waals surface area contributed by atoms with Crippen molar-refractivity contribution >= 4 is 11.4 Å². The average Bonchev–Trinajstić information content (AvgIpc) is 2.37. The van der Waals surface area contributed by atoms with E-state index >= 15 is 0 Å². The zero-order valence-electron chi connectivity index (χ0n) is 11.5. The number of nitro benzene ring substituents is 1. The van der Waals surface area contributed by atoms with Gasteiger partial charge in [0.25, 0.3) is 0 Å². The largest absolute Gasteiger partial charge is 0.487 e.